The van der Waals surface area contributed by atoms with Gasteiger partial charge in [0.2, 0.25) is 6.41 Å². The van der Waals surface area contributed by atoms with Gasteiger partial charge in [0.15, 0.2) is 0 Å². The van der Waals surface area contributed by atoms with Gasteiger partial charge in [-0.3, -0.25) is 9.78 Å². The van der Waals surface area contributed by atoms with Crippen LogP contribution >= 0.6 is 11.3 Å². The Labute approximate surface area is 165 Å². The molecule has 1 amide bonds. The molecule has 7 nitrogen and oxygen atoms in total. The van der Waals surface area contributed by atoms with Crippen LogP contribution in [0.1, 0.15) is 29.8 Å². The number of nitrogens with one attached hydrogen (secondary N) is 2. The molecule has 0 unspecified atom stereocenters. The molecule has 9 heteroatoms. The molecule has 1 aliphatic carbocycles. The Morgan fingerprint density at radius 1 is 1.21 bits per heavy atom. The normalized spacial score (nSPS) is 14.9. The van der Waals surface area contributed by atoms with Gasteiger partial charge in [0.1, 0.15) is 22.3 Å². The van der Waals surface area contributed by atoms with Gasteiger partial charge < -0.3 is 10.6 Å². The molecule has 1 aliphatic rings. The zero-order chi connectivity index (χ0) is 19.4. The predicted octanol–water partition coefficient (Wildman–Crippen LogP) is 2.91. The topological polar surface area (TPSA) is 92.7 Å². The summed E-state index contributed by atoms with van der Waals surface area (Å²) in [5.41, 5.74) is 0.904. The third-order valence-corrected chi connectivity index (χ3v) is 6.00. The van der Waals surface area contributed by atoms with E-state index in [2.05, 4.69) is 30.8 Å². The number of aromatic nitrogens is 4. The van der Waals surface area contributed by atoms with E-state index in [1.54, 1.807) is 18.5 Å². The standard InChI is InChI=1S/C19H19FN6OS/c20-14-3-1-8-22-17(14)19(6-2-7-19)11-24-16-5-4-15(25-26-16)18-23-10-13(28-18)9-21-12-27/h1,3-5,8,10,12H,2,6-7,9,11H2,(H,21,27)(H,24,26). The molecule has 144 valence electrons. The number of nitrogens with zero attached hydrogens (tertiary/aromatic N) is 4. The second-order valence-corrected chi connectivity index (χ2v) is 7.87. The number of hydrogen-bond donors (Lipinski definition) is 2. The van der Waals surface area contributed by atoms with Crippen LogP contribution in [0.25, 0.3) is 10.7 Å². The number of carbonyl (C=O) groups excluding carboxylic acids is 1. The second kappa shape index (κ2) is 7.97. The molecule has 3 aromatic rings. The molecule has 3 aromatic heterocycles. The van der Waals surface area contributed by atoms with Crippen LogP contribution in [0.5, 0.6) is 0 Å². The largest absolute Gasteiger partial charge is 0.368 e. The van der Waals surface area contributed by atoms with Gasteiger partial charge in [-0.05, 0) is 37.1 Å². The van der Waals surface area contributed by atoms with Crippen molar-refractivity contribution in [3.8, 4) is 10.7 Å². The van der Waals surface area contributed by atoms with Crippen LogP contribution in [0, 0.1) is 5.82 Å². The highest BCUT2D eigenvalue weighted by Gasteiger charge is 2.41. The van der Waals surface area contributed by atoms with Gasteiger partial charge in [0.05, 0.1) is 12.2 Å². The van der Waals surface area contributed by atoms with Gasteiger partial charge in [-0.25, -0.2) is 9.37 Å². The fourth-order valence-electron chi connectivity index (χ4n) is 3.33. The van der Waals surface area contributed by atoms with Crippen LogP contribution in [-0.2, 0) is 16.8 Å². The SMILES string of the molecule is O=CNCc1cnc(-c2ccc(NCC3(c4ncccc4F)CCC3)nn2)s1. The van der Waals surface area contributed by atoms with E-state index in [1.165, 1.54) is 17.4 Å². The molecule has 0 radical (unpaired) electrons. The fourth-order valence-corrected chi connectivity index (χ4v) is 4.16. The van der Waals surface area contributed by atoms with Crippen LogP contribution in [-0.4, -0.2) is 33.1 Å². The molecule has 1 fully saturated rings. The second-order valence-electron chi connectivity index (χ2n) is 6.76. The van der Waals surface area contributed by atoms with Crippen molar-refractivity contribution in [2.45, 2.75) is 31.2 Å². The summed E-state index contributed by atoms with van der Waals surface area (Å²) in [5, 5.41) is 15.1. The number of halogens is 1. The molecule has 1 saturated carbocycles. The van der Waals surface area contributed by atoms with E-state index in [1.807, 2.05) is 12.1 Å². The molecule has 28 heavy (non-hydrogen) atoms. The third-order valence-electron chi connectivity index (χ3n) is 4.98. The van der Waals surface area contributed by atoms with Crippen molar-refractivity contribution in [3.05, 3.63) is 53.0 Å². The first-order valence-electron chi connectivity index (χ1n) is 9.01. The Bertz CT molecular complexity index is 957. The summed E-state index contributed by atoms with van der Waals surface area (Å²) in [5.74, 6) is 0.375. The van der Waals surface area contributed by atoms with Crippen LogP contribution < -0.4 is 10.6 Å². The van der Waals surface area contributed by atoms with Crippen molar-refractivity contribution in [1.82, 2.24) is 25.5 Å². The van der Waals surface area contributed by atoms with Crippen LogP contribution in [0.2, 0.25) is 0 Å². The van der Waals surface area contributed by atoms with E-state index >= 15 is 0 Å². The monoisotopic (exact) mass is 398 g/mol. The van der Waals surface area contributed by atoms with E-state index in [-0.39, 0.29) is 11.2 Å². The Morgan fingerprint density at radius 2 is 2.11 bits per heavy atom. The summed E-state index contributed by atoms with van der Waals surface area (Å²) in [6.07, 6.45) is 6.87. The Kier molecular flexibility index (Phi) is 5.25. The highest BCUT2D eigenvalue weighted by molar-refractivity contribution is 7.14. The van der Waals surface area contributed by atoms with Crippen molar-refractivity contribution < 1.29 is 9.18 Å². The molecular formula is C19H19FN6OS. The summed E-state index contributed by atoms with van der Waals surface area (Å²) in [6.45, 7) is 1.01. The minimum absolute atomic E-state index is 0.255. The zero-order valence-electron chi connectivity index (χ0n) is 15.1. The van der Waals surface area contributed by atoms with E-state index < -0.39 is 0 Å². The van der Waals surface area contributed by atoms with Crippen LogP contribution in [0.15, 0.2) is 36.7 Å². The summed E-state index contributed by atoms with van der Waals surface area (Å²) < 4.78 is 14.2. The lowest BCUT2D eigenvalue weighted by Crippen LogP contribution is -2.42. The van der Waals surface area contributed by atoms with Crippen molar-refractivity contribution in [3.63, 3.8) is 0 Å². The highest BCUT2D eigenvalue weighted by Crippen LogP contribution is 2.43. The first kappa shape index (κ1) is 18.4. The molecule has 3 heterocycles. The number of amides is 1. The summed E-state index contributed by atoms with van der Waals surface area (Å²) >= 11 is 1.46. The molecular weight excluding hydrogens is 379 g/mol. The van der Waals surface area contributed by atoms with E-state index in [4.69, 9.17) is 0 Å². The Balaban J connectivity index is 1.43. The van der Waals surface area contributed by atoms with Crippen molar-refractivity contribution in [1.29, 1.82) is 0 Å². The van der Waals surface area contributed by atoms with Gasteiger partial charge in [-0.1, -0.05) is 6.42 Å². The smallest absolute Gasteiger partial charge is 0.207 e. The van der Waals surface area contributed by atoms with Crippen LogP contribution in [0.4, 0.5) is 10.2 Å². The average Bonchev–Trinajstić information content (AvgIpc) is 3.16. The lowest BCUT2D eigenvalue weighted by atomic mass is 9.66. The van der Waals surface area contributed by atoms with Gasteiger partial charge in [-0.2, -0.15) is 0 Å². The van der Waals surface area contributed by atoms with Gasteiger partial charge in [-0.15, -0.1) is 21.5 Å². The minimum atomic E-state index is -0.290. The van der Waals surface area contributed by atoms with Crippen molar-refractivity contribution in [2.75, 3.05) is 11.9 Å². The Hall–Kier alpha value is -2.94. The number of thiazole rings is 1. The van der Waals surface area contributed by atoms with Gasteiger partial charge >= 0.3 is 0 Å². The molecule has 2 N–H and O–H groups in total. The van der Waals surface area contributed by atoms with E-state index in [0.717, 1.165) is 29.1 Å². The molecule has 0 saturated heterocycles. The van der Waals surface area contributed by atoms with Gasteiger partial charge in [0.25, 0.3) is 0 Å². The summed E-state index contributed by atoms with van der Waals surface area (Å²) in [6, 6.07) is 6.76. The molecule has 0 spiro atoms. The highest BCUT2D eigenvalue weighted by atomic mass is 32.1. The number of rotatable bonds is 8. The maximum absolute atomic E-state index is 14.2. The first-order valence-corrected chi connectivity index (χ1v) is 9.82. The van der Waals surface area contributed by atoms with Crippen molar-refractivity contribution >= 4 is 23.6 Å². The average molecular weight is 398 g/mol. The lowest BCUT2D eigenvalue weighted by molar-refractivity contribution is -0.109. The lowest BCUT2D eigenvalue weighted by Gasteiger charge is -2.41. The number of carbonyl (C=O) groups is 1. The molecule has 0 atom stereocenters. The number of hydrogen-bond acceptors (Lipinski definition) is 7. The molecule has 4 rings (SSSR count). The number of pyridine rings is 1. The zero-order valence-corrected chi connectivity index (χ0v) is 15.9. The predicted molar refractivity (Wildman–Crippen MR) is 104 cm³/mol. The quantitative estimate of drug-likeness (QED) is 0.567. The van der Waals surface area contributed by atoms with E-state index in [9.17, 15) is 9.18 Å². The fraction of sp³-hybridized carbons (Fsp3) is 0.316. The molecule has 0 aromatic carbocycles. The summed E-state index contributed by atoms with van der Waals surface area (Å²) in [7, 11) is 0. The molecule has 0 bridgehead atoms. The minimum Gasteiger partial charge on any atom is -0.368 e. The first-order chi connectivity index (χ1) is 13.7. The summed E-state index contributed by atoms with van der Waals surface area (Å²) in [4.78, 5) is 19.9. The maximum Gasteiger partial charge on any atom is 0.207 e. The third kappa shape index (κ3) is 3.70. The molecule has 0 aliphatic heterocycles. The Morgan fingerprint density at radius 3 is 2.79 bits per heavy atom. The number of anilines is 1. The van der Waals surface area contributed by atoms with E-state index in [0.29, 0.717) is 36.7 Å². The maximum atomic E-state index is 14.2. The van der Waals surface area contributed by atoms with Gasteiger partial charge in [0, 0.05) is 29.2 Å². The van der Waals surface area contributed by atoms with Crippen LogP contribution in [0.3, 0.4) is 0 Å². The van der Waals surface area contributed by atoms with Crippen molar-refractivity contribution in [2.24, 2.45) is 0 Å².